The maximum Gasteiger partial charge on any atom is 0.131 e. The summed E-state index contributed by atoms with van der Waals surface area (Å²) in [4.78, 5) is 3.69. The van der Waals surface area contributed by atoms with Gasteiger partial charge in [0.1, 0.15) is 11.6 Å². The second kappa shape index (κ2) is 5.89. The van der Waals surface area contributed by atoms with E-state index in [-0.39, 0.29) is 5.56 Å². The van der Waals surface area contributed by atoms with E-state index in [1.54, 1.807) is 12.3 Å². The van der Waals surface area contributed by atoms with Crippen LogP contribution in [0, 0.1) is 11.6 Å². The van der Waals surface area contributed by atoms with Gasteiger partial charge in [0.15, 0.2) is 0 Å². The number of pyridine rings is 1. The number of nitrogens with zero attached hydrogens (tertiary/aromatic N) is 1. The highest BCUT2D eigenvalue weighted by Crippen LogP contribution is 2.32. The van der Waals surface area contributed by atoms with Gasteiger partial charge in [0.2, 0.25) is 0 Å². The van der Waals surface area contributed by atoms with Crippen molar-refractivity contribution in [3.05, 3.63) is 63.9 Å². The Morgan fingerprint density at radius 3 is 2.39 bits per heavy atom. The standard InChI is InChI=1S/C13H9Br2F2N/c14-8-5-11(16)13(12(17)6-8)10(15)7-9-3-1-2-4-18-9/h1-6,10H,7H2. The number of halogens is 4. The van der Waals surface area contributed by atoms with Gasteiger partial charge >= 0.3 is 0 Å². The first-order chi connectivity index (χ1) is 8.58. The Kier molecular flexibility index (Phi) is 4.45. The molecule has 0 radical (unpaired) electrons. The van der Waals surface area contributed by atoms with Crippen molar-refractivity contribution in [2.24, 2.45) is 0 Å². The van der Waals surface area contributed by atoms with Crippen molar-refractivity contribution in [3.8, 4) is 0 Å². The molecule has 0 amide bonds. The molecule has 18 heavy (non-hydrogen) atoms. The molecule has 0 spiro atoms. The van der Waals surface area contributed by atoms with E-state index >= 15 is 0 Å². The molecule has 1 aromatic heterocycles. The summed E-state index contributed by atoms with van der Waals surface area (Å²) in [5.41, 5.74) is 0.810. The molecule has 2 aromatic rings. The minimum absolute atomic E-state index is 0.0313. The van der Waals surface area contributed by atoms with Crippen molar-refractivity contribution in [2.75, 3.05) is 0 Å². The summed E-state index contributed by atoms with van der Waals surface area (Å²) < 4.78 is 27.9. The molecule has 1 nitrogen and oxygen atoms in total. The fourth-order valence-corrected chi connectivity index (χ4v) is 2.83. The molecule has 94 valence electrons. The van der Waals surface area contributed by atoms with E-state index in [0.29, 0.717) is 10.9 Å². The van der Waals surface area contributed by atoms with Crippen molar-refractivity contribution >= 4 is 31.9 Å². The van der Waals surface area contributed by atoms with Crippen LogP contribution in [0.25, 0.3) is 0 Å². The zero-order valence-corrected chi connectivity index (χ0v) is 12.4. The Hall–Kier alpha value is -0.810. The first kappa shape index (κ1) is 13.6. The topological polar surface area (TPSA) is 12.9 Å². The number of rotatable bonds is 3. The van der Waals surface area contributed by atoms with Crippen LogP contribution in [0.2, 0.25) is 0 Å². The maximum absolute atomic E-state index is 13.7. The second-order valence-electron chi connectivity index (χ2n) is 3.78. The SMILES string of the molecule is Fc1cc(Br)cc(F)c1C(Br)Cc1ccccn1. The van der Waals surface area contributed by atoms with Crippen molar-refractivity contribution in [1.29, 1.82) is 0 Å². The van der Waals surface area contributed by atoms with Gasteiger partial charge in [0.05, 0.1) is 4.83 Å². The lowest BCUT2D eigenvalue weighted by Gasteiger charge is -2.12. The van der Waals surface area contributed by atoms with E-state index < -0.39 is 16.5 Å². The predicted octanol–water partition coefficient (Wildman–Crippen LogP) is 4.80. The summed E-state index contributed by atoms with van der Waals surface area (Å²) >= 11 is 6.37. The fraction of sp³-hybridized carbons (Fsp3) is 0.154. The number of benzene rings is 1. The molecule has 2 rings (SSSR count). The van der Waals surface area contributed by atoms with E-state index in [4.69, 9.17) is 0 Å². The summed E-state index contributed by atoms with van der Waals surface area (Å²) in [5.74, 6) is -1.14. The van der Waals surface area contributed by atoms with Crippen LogP contribution in [0.1, 0.15) is 16.1 Å². The van der Waals surface area contributed by atoms with E-state index in [0.717, 1.165) is 5.69 Å². The number of alkyl halides is 1. The molecule has 0 saturated heterocycles. The third-order valence-corrected chi connectivity index (χ3v) is 3.71. The second-order valence-corrected chi connectivity index (χ2v) is 5.80. The molecule has 0 aliphatic rings. The maximum atomic E-state index is 13.7. The lowest BCUT2D eigenvalue weighted by Crippen LogP contribution is -2.03. The highest BCUT2D eigenvalue weighted by Gasteiger charge is 2.19. The van der Waals surface area contributed by atoms with Gasteiger partial charge in [-0.2, -0.15) is 0 Å². The molecule has 1 heterocycles. The monoisotopic (exact) mass is 375 g/mol. The van der Waals surface area contributed by atoms with Crippen molar-refractivity contribution in [3.63, 3.8) is 0 Å². The molecule has 1 unspecified atom stereocenters. The number of hydrogen-bond donors (Lipinski definition) is 0. The van der Waals surface area contributed by atoms with E-state index in [1.165, 1.54) is 12.1 Å². The van der Waals surface area contributed by atoms with Gasteiger partial charge in [-0.15, -0.1) is 0 Å². The smallest absolute Gasteiger partial charge is 0.131 e. The summed E-state index contributed by atoms with van der Waals surface area (Å²) in [6.07, 6.45) is 2.08. The molecule has 0 bridgehead atoms. The zero-order valence-electron chi connectivity index (χ0n) is 9.21. The van der Waals surface area contributed by atoms with Gasteiger partial charge in [-0.25, -0.2) is 8.78 Å². The molecule has 1 atom stereocenters. The largest absolute Gasteiger partial charge is 0.261 e. The number of hydrogen-bond acceptors (Lipinski definition) is 1. The fourth-order valence-electron chi connectivity index (χ4n) is 1.66. The van der Waals surface area contributed by atoms with Gasteiger partial charge in [-0.05, 0) is 24.3 Å². The Labute approximate surface area is 121 Å². The van der Waals surface area contributed by atoms with Crippen LogP contribution >= 0.6 is 31.9 Å². The Balaban J connectivity index is 2.27. The summed E-state index contributed by atoms with van der Waals surface area (Å²) in [6, 6.07) is 7.98. The molecular weight excluding hydrogens is 368 g/mol. The van der Waals surface area contributed by atoms with Crippen LogP contribution in [-0.4, -0.2) is 4.98 Å². The minimum atomic E-state index is -0.570. The van der Waals surface area contributed by atoms with Crippen molar-refractivity contribution in [1.82, 2.24) is 4.98 Å². The van der Waals surface area contributed by atoms with Crippen LogP contribution < -0.4 is 0 Å². The van der Waals surface area contributed by atoms with Gasteiger partial charge in [-0.1, -0.05) is 37.9 Å². The van der Waals surface area contributed by atoms with Gasteiger partial charge in [-0.3, -0.25) is 4.98 Å². The highest BCUT2D eigenvalue weighted by atomic mass is 79.9. The van der Waals surface area contributed by atoms with Gasteiger partial charge in [0.25, 0.3) is 0 Å². The van der Waals surface area contributed by atoms with Crippen LogP contribution in [0.15, 0.2) is 41.0 Å². The summed E-state index contributed by atoms with van der Waals surface area (Å²) in [7, 11) is 0. The lowest BCUT2D eigenvalue weighted by molar-refractivity contribution is 0.551. The lowest BCUT2D eigenvalue weighted by atomic mass is 10.1. The van der Waals surface area contributed by atoms with E-state index in [2.05, 4.69) is 36.8 Å². The minimum Gasteiger partial charge on any atom is -0.261 e. The predicted molar refractivity (Wildman–Crippen MR) is 73.7 cm³/mol. The van der Waals surface area contributed by atoms with Gasteiger partial charge < -0.3 is 0 Å². The molecule has 1 aromatic carbocycles. The molecule has 5 heteroatoms. The molecular formula is C13H9Br2F2N. The molecule has 0 fully saturated rings. The molecule has 0 aliphatic carbocycles. The molecule has 0 N–H and O–H groups in total. The first-order valence-electron chi connectivity index (χ1n) is 5.26. The Morgan fingerprint density at radius 2 is 1.83 bits per heavy atom. The Bertz CT molecular complexity index is 523. The first-order valence-corrected chi connectivity index (χ1v) is 6.97. The van der Waals surface area contributed by atoms with Crippen molar-refractivity contribution < 1.29 is 8.78 Å². The summed E-state index contributed by atoms with van der Waals surface area (Å²) in [5, 5.41) is 0. The number of aromatic nitrogens is 1. The van der Waals surface area contributed by atoms with E-state index in [9.17, 15) is 8.78 Å². The van der Waals surface area contributed by atoms with Crippen LogP contribution in [0.3, 0.4) is 0 Å². The summed E-state index contributed by atoms with van der Waals surface area (Å²) in [6.45, 7) is 0. The van der Waals surface area contributed by atoms with Crippen LogP contribution in [0.5, 0.6) is 0 Å². The molecule has 0 aliphatic heterocycles. The Morgan fingerprint density at radius 1 is 1.17 bits per heavy atom. The normalized spacial score (nSPS) is 12.4. The van der Waals surface area contributed by atoms with E-state index in [1.807, 2.05) is 12.1 Å². The van der Waals surface area contributed by atoms with Crippen LogP contribution in [-0.2, 0) is 6.42 Å². The third-order valence-electron chi connectivity index (χ3n) is 2.47. The van der Waals surface area contributed by atoms with Crippen molar-refractivity contribution in [2.45, 2.75) is 11.2 Å². The zero-order chi connectivity index (χ0) is 13.1. The van der Waals surface area contributed by atoms with Gasteiger partial charge in [0, 0.05) is 28.3 Å². The van der Waals surface area contributed by atoms with Crippen LogP contribution in [0.4, 0.5) is 8.78 Å². The average molecular weight is 377 g/mol. The molecule has 0 saturated carbocycles. The quantitative estimate of drug-likeness (QED) is 0.701. The third kappa shape index (κ3) is 3.14. The average Bonchev–Trinajstić information content (AvgIpc) is 2.28. The highest BCUT2D eigenvalue weighted by molar-refractivity contribution is 9.10.